The summed E-state index contributed by atoms with van der Waals surface area (Å²) in [6, 6.07) is 2.45. The van der Waals surface area contributed by atoms with Gasteiger partial charge in [0.05, 0.1) is 5.69 Å². The molecule has 2 rings (SSSR count). The number of rotatable bonds is 2. The van der Waals surface area contributed by atoms with Gasteiger partial charge in [0.25, 0.3) is 0 Å². The third-order valence-electron chi connectivity index (χ3n) is 2.56. The molecule has 0 amide bonds. The predicted molar refractivity (Wildman–Crippen MR) is 61.7 cm³/mol. The molecule has 4 nitrogen and oxygen atoms in total. The fourth-order valence-electron chi connectivity index (χ4n) is 1.80. The number of aromatic nitrogens is 3. The van der Waals surface area contributed by atoms with Crippen LogP contribution in [-0.4, -0.2) is 14.5 Å². The quantitative estimate of drug-likeness (QED) is 0.815. The lowest BCUT2D eigenvalue weighted by atomic mass is 10.2. The Morgan fingerprint density at radius 1 is 1.40 bits per heavy atom. The lowest BCUT2D eigenvalue weighted by Crippen LogP contribution is -2.04. The molecule has 80 valence electrons. The Bertz CT molecular complexity index is 485. The summed E-state index contributed by atoms with van der Waals surface area (Å²) in [6.07, 6.45) is 2.92. The third kappa shape index (κ3) is 1.56. The molecule has 2 aromatic rings. The number of fused-ring (bicyclic) bond motifs is 1. The van der Waals surface area contributed by atoms with Crippen LogP contribution in [0, 0.1) is 0 Å². The zero-order chi connectivity index (χ0) is 11.0. The van der Waals surface area contributed by atoms with Gasteiger partial charge in [-0.15, -0.1) is 0 Å². The van der Waals surface area contributed by atoms with E-state index in [1.165, 1.54) is 0 Å². The Kier molecular flexibility index (Phi) is 2.34. The molecule has 0 aromatic carbocycles. The lowest BCUT2D eigenvalue weighted by molar-refractivity contribution is 0.618. The molecule has 2 N–H and O–H groups in total. The summed E-state index contributed by atoms with van der Waals surface area (Å²) >= 11 is 0. The van der Waals surface area contributed by atoms with Crippen LogP contribution in [0.2, 0.25) is 0 Å². The normalized spacial score (nSPS) is 11.5. The maximum Gasteiger partial charge on any atom is 0.222 e. The molecule has 0 unspecified atom stereocenters. The number of hydrogen-bond acceptors (Lipinski definition) is 3. The summed E-state index contributed by atoms with van der Waals surface area (Å²) < 4.78 is 2.12. The number of nitrogens with zero attached hydrogens (tertiary/aromatic N) is 3. The van der Waals surface area contributed by atoms with Crippen molar-refractivity contribution >= 4 is 17.0 Å². The minimum absolute atomic E-state index is 0.361. The van der Waals surface area contributed by atoms with Gasteiger partial charge in [0, 0.05) is 17.6 Å². The van der Waals surface area contributed by atoms with Crippen LogP contribution in [0.4, 0.5) is 5.95 Å². The van der Waals surface area contributed by atoms with Gasteiger partial charge in [0.15, 0.2) is 0 Å². The van der Waals surface area contributed by atoms with E-state index in [-0.39, 0.29) is 0 Å². The summed E-state index contributed by atoms with van der Waals surface area (Å²) in [5.41, 5.74) is 7.66. The van der Waals surface area contributed by atoms with Gasteiger partial charge in [-0.3, -0.25) is 0 Å². The Labute approximate surface area is 89.1 Å². The van der Waals surface area contributed by atoms with Crippen LogP contribution in [0.5, 0.6) is 0 Å². The topological polar surface area (TPSA) is 56.7 Å². The van der Waals surface area contributed by atoms with E-state index in [0.717, 1.165) is 23.1 Å². The van der Waals surface area contributed by atoms with Gasteiger partial charge in [-0.2, -0.15) is 4.98 Å². The smallest absolute Gasteiger partial charge is 0.222 e. The number of hydrogen-bond donors (Lipinski definition) is 1. The molecular formula is C11H16N4. The number of nitrogen functional groups attached to an aromatic ring is 1. The van der Waals surface area contributed by atoms with Crippen LogP contribution < -0.4 is 5.73 Å². The maximum absolute atomic E-state index is 5.69. The van der Waals surface area contributed by atoms with Crippen molar-refractivity contribution in [2.24, 2.45) is 0 Å². The summed E-state index contributed by atoms with van der Waals surface area (Å²) in [7, 11) is 0. The molecule has 0 atom stereocenters. The molecule has 0 bridgehead atoms. The van der Waals surface area contributed by atoms with E-state index in [9.17, 15) is 0 Å². The van der Waals surface area contributed by atoms with Crippen LogP contribution >= 0.6 is 0 Å². The Morgan fingerprint density at radius 2 is 2.13 bits per heavy atom. The predicted octanol–water partition coefficient (Wildman–Crippen LogP) is 2.16. The fraction of sp³-hybridized carbons (Fsp3) is 0.455. The van der Waals surface area contributed by atoms with E-state index in [0.29, 0.717) is 12.0 Å². The van der Waals surface area contributed by atoms with Gasteiger partial charge < -0.3 is 10.3 Å². The van der Waals surface area contributed by atoms with Crippen molar-refractivity contribution in [3.05, 3.63) is 18.0 Å². The average molecular weight is 204 g/mol. The molecule has 0 saturated carbocycles. The molecule has 2 heterocycles. The van der Waals surface area contributed by atoms with E-state index in [1.807, 2.05) is 6.20 Å². The van der Waals surface area contributed by atoms with Gasteiger partial charge in [-0.05, 0) is 26.3 Å². The Balaban J connectivity index is 2.75. The van der Waals surface area contributed by atoms with Gasteiger partial charge in [0.1, 0.15) is 5.65 Å². The monoisotopic (exact) mass is 204 g/mol. The van der Waals surface area contributed by atoms with Crippen LogP contribution in [0.25, 0.3) is 11.0 Å². The Hall–Kier alpha value is -1.58. The largest absolute Gasteiger partial charge is 0.368 e. The molecule has 2 aromatic heterocycles. The van der Waals surface area contributed by atoms with Gasteiger partial charge in [-0.25, -0.2) is 4.98 Å². The molecule has 0 saturated heterocycles. The second-order valence-electron chi connectivity index (χ2n) is 3.94. The Morgan fingerprint density at radius 3 is 2.73 bits per heavy atom. The van der Waals surface area contributed by atoms with Gasteiger partial charge >= 0.3 is 0 Å². The maximum atomic E-state index is 5.69. The molecule has 0 aliphatic rings. The van der Waals surface area contributed by atoms with E-state index in [1.54, 1.807) is 0 Å². The highest BCUT2D eigenvalue weighted by Gasteiger charge is 2.10. The SMILES string of the molecule is CCc1nc(N)nc2c1ccn2C(C)C. The van der Waals surface area contributed by atoms with E-state index >= 15 is 0 Å². The first-order valence-corrected chi connectivity index (χ1v) is 5.26. The van der Waals surface area contributed by atoms with Crippen LogP contribution in [0.3, 0.4) is 0 Å². The molecule has 0 aliphatic heterocycles. The van der Waals surface area contributed by atoms with Crippen LogP contribution in [0.1, 0.15) is 32.5 Å². The summed E-state index contributed by atoms with van der Waals surface area (Å²) in [4.78, 5) is 8.54. The molecule has 0 spiro atoms. The minimum atomic E-state index is 0.361. The van der Waals surface area contributed by atoms with Crippen LogP contribution in [-0.2, 0) is 6.42 Å². The molecule has 0 aliphatic carbocycles. The summed E-state index contributed by atoms with van der Waals surface area (Å²) in [5, 5.41) is 1.11. The lowest BCUT2D eigenvalue weighted by Gasteiger charge is -2.09. The standard InChI is InChI=1S/C11H16N4/c1-4-9-8-5-6-15(7(2)3)10(8)14-11(12)13-9/h5-7H,4H2,1-3H3,(H2,12,13,14). The number of nitrogens with two attached hydrogens (primary N) is 1. The molecule has 0 fully saturated rings. The van der Waals surface area contributed by atoms with E-state index in [2.05, 4.69) is 41.4 Å². The van der Waals surface area contributed by atoms with Gasteiger partial charge in [-0.1, -0.05) is 6.92 Å². The minimum Gasteiger partial charge on any atom is -0.368 e. The molecule has 15 heavy (non-hydrogen) atoms. The van der Waals surface area contributed by atoms with Crippen molar-refractivity contribution in [1.29, 1.82) is 0 Å². The third-order valence-corrected chi connectivity index (χ3v) is 2.56. The molecular weight excluding hydrogens is 188 g/mol. The van der Waals surface area contributed by atoms with Crippen molar-refractivity contribution in [3.63, 3.8) is 0 Å². The van der Waals surface area contributed by atoms with E-state index in [4.69, 9.17) is 5.73 Å². The van der Waals surface area contributed by atoms with Crippen molar-refractivity contribution in [2.45, 2.75) is 33.2 Å². The van der Waals surface area contributed by atoms with Crippen LogP contribution in [0.15, 0.2) is 12.3 Å². The molecule has 4 heteroatoms. The van der Waals surface area contributed by atoms with Crippen molar-refractivity contribution in [3.8, 4) is 0 Å². The van der Waals surface area contributed by atoms with E-state index < -0.39 is 0 Å². The number of anilines is 1. The first-order chi connectivity index (χ1) is 7.13. The first kappa shape index (κ1) is 9.96. The highest BCUT2D eigenvalue weighted by molar-refractivity contribution is 5.79. The number of aryl methyl sites for hydroxylation is 1. The zero-order valence-electron chi connectivity index (χ0n) is 9.36. The summed E-state index contributed by atoms with van der Waals surface area (Å²) in [6.45, 7) is 6.33. The average Bonchev–Trinajstić information content (AvgIpc) is 2.59. The zero-order valence-corrected chi connectivity index (χ0v) is 9.36. The first-order valence-electron chi connectivity index (χ1n) is 5.26. The summed E-state index contributed by atoms with van der Waals surface area (Å²) in [5.74, 6) is 0.361. The van der Waals surface area contributed by atoms with Gasteiger partial charge in [0.2, 0.25) is 5.95 Å². The molecule has 0 radical (unpaired) electrons. The highest BCUT2D eigenvalue weighted by Crippen LogP contribution is 2.21. The van der Waals surface area contributed by atoms with Crippen molar-refractivity contribution in [2.75, 3.05) is 5.73 Å². The second kappa shape index (κ2) is 3.53. The fourth-order valence-corrected chi connectivity index (χ4v) is 1.80. The second-order valence-corrected chi connectivity index (χ2v) is 3.94. The van der Waals surface area contributed by atoms with Crippen molar-refractivity contribution in [1.82, 2.24) is 14.5 Å². The van der Waals surface area contributed by atoms with Crippen molar-refractivity contribution < 1.29 is 0 Å². The highest BCUT2D eigenvalue weighted by atomic mass is 15.1.